The van der Waals surface area contributed by atoms with Crippen molar-refractivity contribution < 1.29 is 0 Å². The zero-order valence-corrected chi connectivity index (χ0v) is 23.3. The number of alkyl halides is 16. The maximum absolute atomic E-state index is 6.13. The second kappa shape index (κ2) is 8.73. The van der Waals surface area contributed by atoms with Crippen molar-refractivity contribution in [2.24, 2.45) is 11.5 Å². The molecule has 0 aromatic rings. The van der Waals surface area contributed by atoms with Crippen LogP contribution >= 0.6 is 186 Å². The van der Waals surface area contributed by atoms with E-state index in [1.165, 1.54) is 0 Å². The highest BCUT2D eigenvalue weighted by Gasteiger charge is 2.80. The van der Waals surface area contributed by atoms with Crippen LogP contribution < -0.4 is 11.5 Å². The van der Waals surface area contributed by atoms with Gasteiger partial charge in [0.05, 0.1) is 0 Å². The maximum atomic E-state index is 6.13. The molecule has 2 nitrogen and oxygen atoms in total. The van der Waals surface area contributed by atoms with E-state index in [0.29, 0.717) is 0 Å². The molecule has 0 aromatic heterocycles. The summed E-state index contributed by atoms with van der Waals surface area (Å²) in [5, 5.41) is 0. The first-order valence-corrected chi connectivity index (χ1v) is 11.4. The Balaban J connectivity index is 6.61. The van der Waals surface area contributed by atoms with Gasteiger partial charge in [-0.3, -0.25) is 11.5 Å². The van der Waals surface area contributed by atoms with Gasteiger partial charge in [-0.25, -0.2) is 0 Å². The molecule has 0 radical (unpaired) electrons. The van der Waals surface area contributed by atoms with Crippen molar-refractivity contribution in [3.05, 3.63) is 0 Å². The van der Waals surface area contributed by atoms with Crippen LogP contribution in [0, 0.1) is 0 Å². The van der Waals surface area contributed by atoms with Crippen molar-refractivity contribution in [1.82, 2.24) is 0 Å². The Kier molecular flexibility index (Phi) is 10.3. The molecule has 0 unspecified atom stereocenters. The second-order valence-corrected chi connectivity index (χ2v) is 15.4. The summed E-state index contributed by atoms with van der Waals surface area (Å²) in [6, 6.07) is 0. The van der Waals surface area contributed by atoms with Gasteiger partial charge in [0.25, 0.3) is 0 Å². The molecule has 158 valence electrons. The van der Waals surface area contributed by atoms with Gasteiger partial charge in [-0.05, 0) is 0 Å². The Morgan fingerprint density at radius 1 is 0.269 bits per heavy atom. The Hall–Kier alpha value is 4.56. The van der Waals surface area contributed by atoms with E-state index in [-0.39, 0.29) is 0 Å². The fourth-order valence-electron chi connectivity index (χ4n) is 1.21. The summed E-state index contributed by atoms with van der Waals surface area (Å²) >= 11 is 95.3. The van der Waals surface area contributed by atoms with Crippen LogP contribution in [-0.2, 0) is 0 Å². The monoisotopic (exact) mass is 688 g/mol. The molecule has 4 N–H and O–H groups in total. The lowest BCUT2D eigenvalue weighted by atomic mass is 10.0. The lowest BCUT2D eigenvalue weighted by Crippen LogP contribution is -2.72. The standard InChI is InChI=1S/C8H4Cl16N2/c9-1(10,3(13,14)5(17,18)7(21,22)25)2(11,12)4(15,16)6(19,20)8(23,24)26/h25-26H2. The van der Waals surface area contributed by atoms with Gasteiger partial charge in [-0.15, -0.1) is 0 Å². The normalized spacial score (nSPS) is 16.8. The smallest absolute Gasteiger partial charge is 0.202 e. The van der Waals surface area contributed by atoms with E-state index in [1.807, 2.05) is 0 Å². The summed E-state index contributed by atoms with van der Waals surface area (Å²) in [7, 11) is 0. The summed E-state index contributed by atoms with van der Waals surface area (Å²) in [6.45, 7) is 0. The van der Waals surface area contributed by atoms with Gasteiger partial charge in [0.2, 0.25) is 8.91 Å². The molecule has 0 aromatic carbocycles. The van der Waals surface area contributed by atoms with E-state index < -0.39 is 34.9 Å². The van der Waals surface area contributed by atoms with E-state index in [4.69, 9.17) is 197 Å². The topological polar surface area (TPSA) is 52.0 Å². The number of hydrogen-bond acceptors (Lipinski definition) is 2. The molecule has 18 heteroatoms. The van der Waals surface area contributed by atoms with Gasteiger partial charge < -0.3 is 0 Å². The van der Waals surface area contributed by atoms with Crippen LogP contribution in [-0.4, -0.2) is 34.9 Å². The molecule has 0 saturated heterocycles. The third-order valence-electron chi connectivity index (χ3n) is 2.81. The Morgan fingerprint density at radius 3 is 0.500 bits per heavy atom. The molecule has 0 amide bonds. The van der Waals surface area contributed by atoms with Gasteiger partial charge in [0.15, 0.2) is 26.0 Å². The molecule has 26 heavy (non-hydrogen) atoms. The molecule has 0 aliphatic rings. The first-order chi connectivity index (χ1) is 10.8. The molecule has 0 atom stereocenters. The van der Waals surface area contributed by atoms with E-state index in [2.05, 4.69) is 0 Å². The van der Waals surface area contributed by atoms with Crippen molar-refractivity contribution in [2.75, 3.05) is 0 Å². The van der Waals surface area contributed by atoms with Crippen molar-refractivity contribution >= 4 is 186 Å². The van der Waals surface area contributed by atoms with Crippen LogP contribution in [0.25, 0.3) is 0 Å². The van der Waals surface area contributed by atoms with E-state index in [9.17, 15) is 0 Å². The first-order valence-electron chi connectivity index (χ1n) is 5.35. The number of hydrogen-bond donors (Lipinski definition) is 2. The lowest BCUT2D eigenvalue weighted by Gasteiger charge is -2.54. The second-order valence-electron chi connectivity index (χ2n) is 4.69. The SMILES string of the molecule is NC(Cl)(Cl)C(Cl)(Cl)C(Cl)(Cl)C(Cl)(Cl)C(Cl)(Cl)C(Cl)(Cl)C(Cl)(Cl)C(N)(Cl)Cl. The zero-order chi connectivity index (χ0) is 22.0. The van der Waals surface area contributed by atoms with Gasteiger partial charge >= 0.3 is 0 Å². The minimum Gasteiger partial charge on any atom is -0.298 e. The molecule has 0 aliphatic carbocycles. The summed E-state index contributed by atoms with van der Waals surface area (Å²) in [6.07, 6.45) is 0. The molecule has 0 heterocycles. The predicted octanol–water partition coefficient (Wildman–Crippen LogP) is 8.21. The molecular formula is C8H4Cl16N2. The van der Waals surface area contributed by atoms with Gasteiger partial charge in [0.1, 0.15) is 0 Å². The van der Waals surface area contributed by atoms with E-state index >= 15 is 0 Å². The van der Waals surface area contributed by atoms with Crippen molar-refractivity contribution in [1.29, 1.82) is 0 Å². The highest BCUT2D eigenvalue weighted by Crippen LogP contribution is 2.71. The molecule has 0 spiro atoms. The summed E-state index contributed by atoms with van der Waals surface area (Å²) in [4.78, 5) is 0. The molecular weight excluding hydrogens is 691 g/mol. The number of rotatable bonds is 7. The first kappa shape index (κ1) is 30.6. The van der Waals surface area contributed by atoms with Crippen LogP contribution in [0.3, 0.4) is 0 Å². The van der Waals surface area contributed by atoms with Crippen molar-refractivity contribution in [3.63, 3.8) is 0 Å². The minimum atomic E-state index is -2.97. The summed E-state index contributed by atoms with van der Waals surface area (Å²) in [5.74, 6) is 0. The summed E-state index contributed by atoms with van der Waals surface area (Å²) < 4.78 is -22.4. The van der Waals surface area contributed by atoms with Crippen molar-refractivity contribution in [3.8, 4) is 0 Å². The van der Waals surface area contributed by atoms with Gasteiger partial charge in [-0.1, -0.05) is 186 Å². The van der Waals surface area contributed by atoms with E-state index in [1.54, 1.807) is 0 Å². The summed E-state index contributed by atoms with van der Waals surface area (Å²) in [5.41, 5.74) is 10.8. The number of nitrogens with two attached hydrogens (primary N) is 2. The Labute approximate surface area is 229 Å². The van der Waals surface area contributed by atoms with Crippen LogP contribution in [0.4, 0.5) is 0 Å². The van der Waals surface area contributed by atoms with Crippen LogP contribution in [0.15, 0.2) is 0 Å². The Bertz CT molecular complexity index is 477. The van der Waals surface area contributed by atoms with Crippen molar-refractivity contribution in [2.45, 2.75) is 34.9 Å². The molecule has 0 bridgehead atoms. The highest BCUT2D eigenvalue weighted by molar-refractivity contribution is 6.80. The zero-order valence-electron chi connectivity index (χ0n) is 11.2. The number of halogens is 16. The average molecular weight is 695 g/mol. The van der Waals surface area contributed by atoms with Crippen LogP contribution in [0.2, 0.25) is 0 Å². The van der Waals surface area contributed by atoms with Gasteiger partial charge in [0, 0.05) is 0 Å². The van der Waals surface area contributed by atoms with Crippen LogP contribution in [0.5, 0.6) is 0 Å². The third-order valence-corrected chi connectivity index (χ3v) is 13.5. The lowest BCUT2D eigenvalue weighted by molar-refractivity contribution is 0.441. The van der Waals surface area contributed by atoms with Crippen LogP contribution in [0.1, 0.15) is 0 Å². The predicted molar refractivity (Wildman–Crippen MR) is 124 cm³/mol. The average Bonchev–Trinajstić information content (AvgIpc) is 2.34. The van der Waals surface area contributed by atoms with E-state index in [0.717, 1.165) is 0 Å². The fourth-order valence-corrected chi connectivity index (χ4v) is 5.80. The molecule has 0 aliphatic heterocycles. The molecule has 0 fully saturated rings. The third kappa shape index (κ3) is 4.75. The fraction of sp³-hybridized carbons (Fsp3) is 1.00. The minimum absolute atomic E-state index is 2.56. The Morgan fingerprint density at radius 2 is 0.385 bits per heavy atom. The maximum Gasteiger partial charge on any atom is 0.202 e. The molecule has 0 rings (SSSR count). The largest absolute Gasteiger partial charge is 0.298 e. The van der Waals surface area contributed by atoms with Gasteiger partial charge in [-0.2, -0.15) is 0 Å². The highest BCUT2D eigenvalue weighted by atomic mass is 35.6. The quantitative estimate of drug-likeness (QED) is 0.209. The molecule has 0 saturated carbocycles.